The molecule has 0 bridgehead atoms. The standard InChI is InChI=1S/C6H12F2N2/c1-5(2)3-9-10-4-6(7)8/h3,5-6,10H,4H2,1-2H3/b9-3+. The quantitative estimate of drug-likeness (QED) is 0.476. The fourth-order valence-corrected chi connectivity index (χ4v) is 0.323. The minimum absolute atomic E-state index is 0.296. The van der Waals surface area contributed by atoms with Gasteiger partial charge in [-0.05, 0) is 5.92 Å². The van der Waals surface area contributed by atoms with E-state index in [1.165, 1.54) is 0 Å². The number of nitrogens with one attached hydrogen (secondary N) is 1. The molecule has 10 heavy (non-hydrogen) atoms. The first kappa shape index (κ1) is 9.33. The monoisotopic (exact) mass is 150 g/mol. The Bertz CT molecular complexity index is 102. The highest BCUT2D eigenvalue weighted by molar-refractivity contribution is 5.58. The van der Waals surface area contributed by atoms with Gasteiger partial charge in [0.2, 0.25) is 0 Å². The predicted molar refractivity (Wildman–Crippen MR) is 37.3 cm³/mol. The van der Waals surface area contributed by atoms with Crippen LogP contribution in [0.15, 0.2) is 5.10 Å². The smallest absolute Gasteiger partial charge is 0.257 e. The summed E-state index contributed by atoms with van der Waals surface area (Å²) in [5.41, 5.74) is 2.24. The van der Waals surface area contributed by atoms with Crippen molar-refractivity contribution < 1.29 is 8.78 Å². The molecule has 2 nitrogen and oxygen atoms in total. The van der Waals surface area contributed by atoms with Crippen LogP contribution in [0, 0.1) is 5.92 Å². The van der Waals surface area contributed by atoms with Gasteiger partial charge in [-0.3, -0.25) is 0 Å². The van der Waals surface area contributed by atoms with Gasteiger partial charge in [0.25, 0.3) is 6.43 Å². The van der Waals surface area contributed by atoms with E-state index in [1.807, 2.05) is 13.8 Å². The molecule has 0 aliphatic carbocycles. The van der Waals surface area contributed by atoms with Crippen molar-refractivity contribution in [2.45, 2.75) is 20.3 Å². The summed E-state index contributed by atoms with van der Waals surface area (Å²) in [5, 5.41) is 3.56. The maximum atomic E-state index is 11.4. The molecule has 0 fully saturated rings. The molecule has 0 saturated heterocycles. The van der Waals surface area contributed by atoms with Crippen LogP contribution in [-0.4, -0.2) is 19.2 Å². The van der Waals surface area contributed by atoms with E-state index in [-0.39, 0.29) is 6.54 Å². The number of rotatable bonds is 4. The van der Waals surface area contributed by atoms with E-state index in [4.69, 9.17) is 0 Å². The molecule has 0 aromatic heterocycles. The van der Waals surface area contributed by atoms with Crippen molar-refractivity contribution in [2.75, 3.05) is 6.54 Å². The first-order chi connectivity index (χ1) is 4.63. The first-order valence-electron chi connectivity index (χ1n) is 3.17. The highest BCUT2D eigenvalue weighted by Crippen LogP contribution is 1.87. The zero-order valence-electron chi connectivity index (χ0n) is 6.14. The lowest BCUT2D eigenvalue weighted by Crippen LogP contribution is -2.15. The Kier molecular flexibility index (Phi) is 4.80. The lowest BCUT2D eigenvalue weighted by atomic mass is 10.3. The van der Waals surface area contributed by atoms with Crippen molar-refractivity contribution in [3.8, 4) is 0 Å². The maximum absolute atomic E-state index is 11.4. The topological polar surface area (TPSA) is 24.4 Å². The van der Waals surface area contributed by atoms with Gasteiger partial charge in [-0.1, -0.05) is 13.8 Å². The highest BCUT2D eigenvalue weighted by Gasteiger charge is 1.97. The van der Waals surface area contributed by atoms with Crippen LogP contribution in [0.1, 0.15) is 13.8 Å². The molecule has 0 aromatic carbocycles. The van der Waals surface area contributed by atoms with E-state index in [1.54, 1.807) is 6.21 Å². The van der Waals surface area contributed by atoms with Crippen LogP contribution in [0.2, 0.25) is 0 Å². The maximum Gasteiger partial charge on any atom is 0.257 e. The summed E-state index contributed by atoms with van der Waals surface area (Å²) in [6.07, 6.45) is -0.744. The van der Waals surface area contributed by atoms with Crippen LogP contribution in [0.5, 0.6) is 0 Å². The number of alkyl halides is 2. The molecule has 0 radical (unpaired) electrons. The lowest BCUT2D eigenvalue weighted by Gasteiger charge is -1.97. The normalized spacial score (nSPS) is 11.8. The van der Waals surface area contributed by atoms with Gasteiger partial charge < -0.3 is 5.43 Å². The number of hydrogen-bond acceptors (Lipinski definition) is 2. The zero-order valence-corrected chi connectivity index (χ0v) is 6.14. The van der Waals surface area contributed by atoms with Crippen LogP contribution in [-0.2, 0) is 0 Å². The van der Waals surface area contributed by atoms with Crippen LogP contribution in [0.3, 0.4) is 0 Å². The van der Waals surface area contributed by atoms with E-state index >= 15 is 0 Å². The Morgan fingerprint density at radius 1 is 1.50 bits per heavy atom. The Morgan fingerprint density at radius 2 is 2.10 bits per heavy atom. The summed E-state index contributed by atoms with van der Waals surface area (Å²) in [5.74, 6) is 0.296. The molecule has 0 aliphatic rings. The minimum Gasteiger partial charge on any atom is -0.305 e. The van der Waals surface area contributed by atoms with Crippen LogP contribution >= 0.6 is 0 Å². The minimum atomic E-state index is -2.33. The van der Waals surface area contributed by atoms with E-state index in [0.29, 0.717) is 5.92 Å². The Balaban J connectivity index is 3.19. The molecule has 1 N–H and O–H groups in total. The Labute approximate surface area is 59.3 Å². The van der Waals surface area contributed by atoms with Gasteiger partial charge in [-0.25, -0.2) is 8.78 Å². The molecule has 0 spiro atoms. The van der Waals surface area contributed by atoms with Crippen molar-refractivity contribution in [3.63, 3.8) is 0 Å². The molecule has 0 aromatic rings. The molecular weight excluding hydrogens is 138 g/mol. The summed E-state index contributed by atoms with van der Waals surface area (Å²) in [4.78, 5) is 0. The van der Waals surface area contributed by atoms with Crippen molar-refractivity contribution in [1.82, 2.24) is 5.43 Å². The summed E-state index contributed by atoms with van der Waals surface area (Å²) in [7, 11) is 0. The average molecular weight is 150 g/mol. The third-order valence-electron chi connectivity index (χ3n) is 0.710. The second kappa shape index (κ2) is 5.14. The van der Waals surface area contributed by atoms with E-state index in [9.17, 15) is 8.78 Å². The number of hydrogen-bond donors (Lipinski definition) is 1. The molecule has 0 saturated carbocycles. The Morgan fingerprint density at radius 3 is 2.50 bits per heavy atom. The number of nitrogens with zero attached hydrogens (tertiary/aromatic N) is 1. The third-order valence-corrected chi connectivity index (χ3v) is 0.710. The van der Waals surface area contributed by atoms with Crippen molar-refractivity contribution in [2.24, 2.45) is 11.0 Å². The Hall–Kier alpha value is -0.670. The van der Waals surface area contributed by atoms with Gasteiger partial charge in [-0.15, -0.1) is 0 Å². The van der Waals surface area contributed by atoms with Gasteiger partial charge in [0.05, 0.1) is 6.54 Å². The van der Waals surface area contributed by atoms with Gasteiger partial charge in [0.1, 0.15) is 0 Å². The van der Waals surface area contributed by atoms with Gasteiger partial charge in [-0.2, -0.15) is 5.10 Å². The molecule has 60 valence electrons. The van der Waals surface area contributed by atoms with E-state index < -0.39 is 6.43 Å². The summed E-state index contributed by atoms with van der Waals surface area (Å²) >= 11 is 0. The molecule has 0 heterocycles. The van der Waals surface area contributed by atoms with Gasteiger partial charge in [0.15, 0.2) is 0 Å². The molecule has 4 heteroatoms. The highest BCUT2D eigenvalue weighted by atomic mass is 19.3. The van der Waals surface area contributed by atoms with E-state index in [2.05, 4.69) is 10.5 Å². The second-order valence-corrected chi connectivity index (χ2v) is 2.28. The van der Waals surface area contributed by atoms with E-state index in [0.717, 1.165) is 0 Å². The first-order valence-corrected chi connectivity index (χ1v) is 3.17. The summed E-state index contributed by atoms with van der Waals surface area (Å²) in [6, 6.07) is 0. The van der Waals surface area contributed by atoms with Crippen LogP contribution in [0.25, 0.3) is 0 Å². The second-order valence-electron chi connectivity index (χ2n) is 2.28. The largest absolute Gasteiger partial charge is 0.305 e. The van der Waals surface area contributed by atoms with Crippen molar-refractivity contribution >= 4 is 6.21 Å². The molecule has 0 unspecified atom stereocenters. The van der Waals surface area contributed by atoms with Crippen molar-refractivity contribution in [3.05, 3.63) is 0 Å². The van der Waals surface area contributed by atoms with Gasteiger partial charge in [0, 0.05) is 6.21 Å². The SMILES string of the molecule is CC(C)/C=N/NCC(F)F. The summed E-state index contributed by atoms with van der Waals surface area (Å²) < 4.78 is 22.8. The third kappa shape index (κ3) is 7.33. The molecular formula is C6H12F2N2. The number of halogens is 2. The zero-order chi connectivity index (χ0) is 7.98. The fraction of sp³-hybridized carbons (Fsp3) is 0.833. The molecule has 0 atom stereocenters. The van der Waals surface area contributed by atoms with Crippen molar-refractivity contribution in [1.29, 1.82) is 0 Å². The lowest BCUT2D eigenvalue weighted by molar-refractivity contribution is 0.147. The van der Waals surface area contributed by atoms with Gasteiger partial charge >= 0.3 is 0 Å². The van der Waals surface area contributed by atoms with Crippen LogP contribution < -0.4 is 5.43 Å². The molecule has 0 aliphatic heterocycles. The fourth-order valence-electron chi connectivity index (χ4n) is 0.323. The summed E-state index contributed by atoms with van der Waals surface area (Å²) in [6.45, 7) is 3.48. The molecule has 0 rings (SSSR count). The molecule has 0 amide bonds. The average Bonchev–Trinajstić information content (AvgIpc) is 1.79. The predicted octanol–water partition coefficient (Wildman–Crippen LogP) is 1.48. The number of hydrazone groups is 1. The van der Waals surface area contributed by atoms with Crippen LogP contribution in [0.4, 0.5) is 8.78 Å².